The zero-order chi connectivity index (χ0) is 10.2. The third-order valence-electron chi connectivity index (χ3n) is 1.53. The summed E-state index contributed by atoms with van der Waals surface area (Å²) in [5, 5.41) is 27.0. The smallest absolute Gasteiger partial charge is 0.368 e. The molecule has 0 saturated heterocycles. The van der Waals surface area contributed by atoms with Crippen LogP contribution in [-0.4, -0.2) is 58.7 Å². The van der Waals surface area contributed by atoms with Crippen molar-refractivity contribution >= 4 is 5.97 Å². The number of carboxylic acid groups (broad SMARTS) is 1. The van der Waals surface area contributed by atoms with Gasteiger partial charge >= 0.3 is 5.97 Å². The first-order valence-corrected chi connectivity index (χ1v) is 3.55. The maximum Gasteiger partial charge on any atom is 0.368 e. The van der Waals surface area contributed by atoms with Crippen LogP contribution >= 0.6 is 0 Å². The highest BCUT2D eigenvalue weighted by Gasteiger charge is 2.46. The van der Waals surface area contributed by atoms with E-state index in [0.717, 1.165) is 6.92 Å². The first-order valence-electron chi connectivity index (χ1n) is 3.55. The lowest BCUT2D eigenvalue weighted by Gasteiger charge is -2.36. The Bertz CT molecular complexity index is 163. The number of rotatable bonds is 3. The van der Waals surface area contributed by atoms with E-state index in [1.807, 2.05) is 0 Å². The van der Waals surface area contributed by atoms with Crippen molar-refractivity contribution in [1.82, 2.24) is 0 Å². The van der Waals surface area contributed by atoms with Crippen LogP contribution in [-0.2, 0) is 4.79 Å². The fourth-order valence-electron chi connectivity index (χ4n) is 1.30. The van der Waals surface area contributed by atoms with Gasteiger partial charge in [0.05, 0.1) is 21.1 Å². The standard InChI is InChI=1S/C7H15NO4/c1-7(11,12)5(6(9)10)8(2,3)4/h5,11-12H,1-4H3/p+1. The summed E-state index contributed by atoms with van der Waals surface area (Å²) >= 11 is 0. The van der Waals surface area contributed by atoms with Gasteiger partial charge in [-0.3, -0.25) is 0 Å². The first-order chi connectivity index (χ1) is 5.07. The van der Waals surface area contributed by atoms with Crippen molar-refractivity contribution in [3.8, 4) is 0 Å². The highest BCUT2D eigenvalue weighted by Crippen LogP contribution is 2.15. The van der Waals surface area contributed by atoms with Gasteiger partial charge in [0.2, 0.25) is 11.8 Å². The molecule has 0 rings (SSSR count). The molecule has 12 heavy (non-hydrogen) atoms. The minimum atomic E-state index is -2.20. The molecule has 0 bridgehead atoms. The Hall–Kier alpha value is -0.650. The SMILES string of the molecule is CC(O)(O)C(C(=O)O)[N+](C)(C)C. The summed E-state index contributed by atoms with van der Waals surface area (Å²) in [5.41, 5.74) is 0. The van der Waals surface area contributed by atoms with Crippen molar-refractivity contribution in [2.75, 3.05) is 21.1 Å². The van der Waals surface area contributed by atoms with E-state index in [4.69, 9.17) is 15.3 Å². The average molecular weight is 178 g/mol. The summed E-state index contributed by atoms with van der Waals surface area (Å²) in [6, 6.07) is -1.25. The lowest BCUT2D eigenvalue weighted by molar-refractivity contribution is -0.898. The van der Waals surface area contributed by atoms with Gasteiger partial charge in [-0.1, -0.05) is 0 Å². The zero-order valence-electron chi connectivity index (χ0n) is 7.77. The third-order valence-corrected chi connectivity index (χ3v) is 1.53. The molecule has 3 N–H and O–H groups in total. The fraction of sp³-hybridized carbons (Fsp3) is 0.857. The van der Waals surface area contributed by atoms with Crippen LogP contribution in [0.1, 0.15) is 6.92 Å². The molecule has 0 aromatic heterocycles. The van der Waals surface area contributed by atoms with Gasteiger partial charge in [0.15, 0.2) is 0 Å². The van der Waals surface area contributed by atoms with Crippen molar-refractivity contribution in [3.63, 3.8) is 0 Å². The lowest BCUT2D eigenvalue weighted by Crippen LogP contribution is -2.61. The molecule has 0 aromatic rings. The Kier molecular flexibility index (Phi) is 2.84. The number of aliphatic carboxylic acids is 1. The number of aliphatic hydroxyl groups is 2. The normalized spacial score (nSPS) is 15.8. The van der Waals surface area contributed by atoms with Crippen LogP contribution in [0, 0.1) is 0 Å². The molecular formula is C7H16NO4+. The summed E-state index contributed by atoms with van der Waals surface area (Å²) in [6.07, 6.45) is 0. The Morgan fingerprint density at radius 3 is 1.67 bits per heavy atom. The Morgan fingerprint density at radius 2 is 1.67 bits per heavy atom. The first kappa shape index (κ1) is 11.4. The molecular weight excluding hydrogens is 162 g/mol. The van der Waals surface area contributed by atoms with Crippen LogP contribution in [0.3, 0.4) is 0 Å². The van der Waals surface area contributed by atoms with E-state index in [0.29, 0.717) is 0 Å². The summed E-state index contributed by atoms with van der Waals surface area (Å²) in [6.45, 7) is 1.06. The van der Waals surface area contributed by atoms with Crippen LogP contribution < -0.4 is 0 Å². The molecule has 1 atom stereocenters. The molecule has 5 heteroatoms. The molecule has 5 nitrogen and oxygen atoms in total. The molecule has 0 aromatic carbocycles. The Labute approximate surface area is 71.4 Å². The second-order valence-electron chi connectivity index (χ2n) is 3.95. The Balaban J connectivity index is 4.82. The van der Waals surface area contributed by atoms with Crippen LogP contribution in [0.25, 0.3) is 0 Å². The molecule has 0 spiro atoms. The van der Waals surface area contributed by atoms with Gasteiger partial charge in [-0.25, -0.2) is 4.79 Å². The number of likely N-dealkylation sites (N-methyl/N-ethyl adjacent to an activating group) is 1. The van der Waals surface area contributed by atoms with Crippen molar-refractivity contribution in [2.45, 2.75) is 18.8 Å². The maximum atomic E-state index is 10.7. The van der Waals surface area contributed by atoms with E-state index in [1.165, 1.54) is 0 Å². The number of quaternary nitrogens is 1. The van der Waals surface area contributed by atoms with Crippen LogP contribution in [0.15, 0.2) is 0 Å². The number of carbonyl (C=O) groups is 1. The summed E-state index contributed by atoms with van der Waals surface area (Å²) in [4.78, 5) is 10.7. The van der Waals surface area contributed by atoms with Gasteiger partial charge in [0, 0.05) is 0 Å². The number of hydrogen-bond acceptors (Lipinski definition) is 3. The van der Waals surface area contributed by atoms with Gasteiger partial charge in [0.25, 0.3) is 0 Å². The van der Waals surface area contributed by atoms with E-state index < -0.39 is 17.8 Å². The molecule has 0 heterocycles. The van der Waals surface area contributed by atoms with Crippen molar-refractivity contribution < 1.29 is 24.6 Å². The molecule has 0 fully saturated rings. The van der Waals surface area contributed by atoms with Crippen LogP contribution in [0.4, 0.5) is 0 Å². The summed E-state index contributed by atoms with van der Waals surface area (Å²) < 4.78 is -0.0428. The monoisotopic (exact) mass is 178 g/mol. The van der Waals surface area contributed by atoms with Gasteiger partial charge in [0.1, 0.15) is 0 Å². The molecule has 0 aliphatic heterocycles. The third kappa shape index (κ3) is 2.77. The second kappa shape index (κ2) is 3.01. The highest BCUT2D eigenvalue weighted by molar-refractivity contribution is 5.73. The van der Waals surface area contributed by atoms with E-state index in [-0.39, 0.29) is 4.48 Å². The summed E-state index contributed by atoms with van der Waals surface area (Å²) in [7, 11) is 4.76. The van der Waals surface area contributed by atoms with E-state index >= 15 is 0 Å². The van der Waals surface area contributed by atoms with E-state index in [1.54, 1.807) is 21.1 Å². The highest BCUT2D eigenvalue weighted by atomic mass is 16.5. The molecule has 0 amide bonds. The van der Waals surface area contributed by atoms with E-state index in [9.17, 15) is 4.79 Å². The molecule has 0 aliphatic rings. The zero-order valence-corrected chi connectivity index (χ0v) is 7.77. The van der Waals surface area contributed by atoms with Crippen molar-refractivity contribution in [1.29, 1.82) is 0 Å². The number of nitrogens with zero attached hydrogens (tertiary/aromatic N) is 1. The van der Waals surface area contributed by atoms with Crippen molar-refractivity contribution in [2.24, 2.45) is 0 Å². The van der Waals surface area contributed by atoms with Crippen LogP contribution in [0.5, 0.6) is 0 Å². The second-order valence-corrected chi connectivity index (χ2v) is 3.95. The minimum absolute atomic E-state index is 0.0428. The van der Waals surface area contributed by atoms with Crippen LogP contribution in [0.2, 0.25) is 0 Å². The van der Waals surface area contributed by atoms with Gasteiger partial charge < -0.3 is 19.8 Å². The fourth-order valence-corrected chi connectivity index (χ4v) is 1.30. The van der Waals surface area contributed by atoms with Crippen molar-refractivity contribution in [3.05, 3.63) is 0 Å². The lowest BCUT2D eigenvalue weighted by atomic mass is 10.1. The predicted molar refractivity (Wildman–Crippen MR) is 42.3 cm³/mol. The largest absolute Gasteiger partial charge is 0.477 e. The molecule has 72 valence electrons. The van der Waals surface area contributed by atoms with Gasteiger partial charge in [-0.15, -0.1) is 0 Å². The predicted octanol–water partition coefficient (Wildman–Crippen LogP) is -1.15. The minimum Gasteiger partial charge on any atom is -0.477 e. The Morgan fingerprint density at radius 1 is 1.33 bits per heavy atom. The molecule has 0 saturated carbocycles. The average Bonchev–Trinajstić information content (AvgIpc) is 1.49. The summed E-state index contributed by atoms with van der Waals surface area (Å²) in [5.74, 6) is -3.43. The van der Waals surface area contributed by atoms with E-state index in [2.05, 4.69) is 0 Å². The number of carboxylic acids is 1. The molecule has 1 unspecified atom stereocenters. The maximum absolute atomic E-state index is 10.7. The molecule has 0 radical (unpaired) electrons. The number of hydrogen-bond donors (Lipinski definition) is 3. The molecule has 0 aliphatic carbocycles. The van der Waals surface area contributed by atoms with Gasteiger partial charge in [-0.05, 0) is 6.92 Å². The van der Waals surface area contributed by atoms with Gasteiger partial charge in [-0.2, -0.15) is 0 Å². The quantitative estimate of drug-likeness (QED) is 0.376. The topological polar surface area (TPSA) is 77.8 Å².